The lowest BCUT2D eigenvalue weighted by Gasteiger charge is -2.17. The summed E-state index contributed by atoms with van der Waals surface area (Å²) >= 11 is 0. The van der Waals surface area contributed by atoms with Gasteiger partial charge in [0.15, 0.2) is 0 Å². The second kappa shape index (κ2) is 9.16. The van der Waals surface area contributed by atoms with Gasteiger partial charge in [-0.2, -0.15) is 0 Å². The van der Waals surface area contributed by atoms with Crippen molar-refractivity contribution in [3.63, 3.8) is 0 Å². The van der Waals surface area contributed by atoms with Gasteiger partial charge in [0.2, 0.25) is 6.34 Å². The molecule has 0 aliphatic rings. The number of alkyl halides is 2. The Balaban J connectivity index is 2.95. The first kappa shape index (κ1) is 20.6. The van der Waals surface area contributed by atoms with E-state index in [0.717, 1.165) is 30.3 Å². The van der Waals surface area contributed by atoms with Gasteiger partial charge in [0.25, 0.3) is 6.43 Å². The molecule has 0 atom stereocenters. The van der Waals surface area contributed by atoms with Crippen LogP contribution in [0.15, 0.2) is 12.1 Å². The average Bonchev–Trinajstić information content (AvgIpc) is 2.48. The van der Waals surface area contributed by atoms with E-state index in [1.165, 1.54) is 6.07 Å². The van der Waals surface area contributed by atoms with Crippen molar-refractivity contribution in [2.75, 3.05) is 20.2 Å². The van der Waals surface area contributed by atoms with Crippen LogP contribution in [-0.4, -0.2) is 39.2 Å². The van der Waals surface area contributed by atoms with Crippen molar-refractivity contribution in [3.05, 3.63) is 23.3 Å². The number of hydrogen-bond acceptors (Lipinski definition) is 1. The zero-order valence-corrected chi connectivity index (χ0v) is 16.7. The molecule has 0 saturated heterocycles. The van der Waals surface area contributed by atoms with E-state index in [0.29, 0.717) is 12.4 Å². The van der Waals surface area contributed by atoms with Crippen LogP contribution in [0.25, 0.3) is 0 Å². The van der Waals surface area contributed by atoms with Gasteiger partial charge in [-0.15, -0.1) is 0 Å². The van der Waals surface area contributed by atoms with E-state index in [2.05, 4.69) is 25.0 Å². The number of ether oxygens (including phenoxy) is 1. The molecule has 6 heteroatoms. The van der Waals surface area contributed by atoms with Gasteiger partial charge in [-0.25, -0.2) is 13.4 Å². The fourth-order valence-corrected chi connectivity index (χ4v) is 3.65. The molecule has 0 bridgehead atoms. The minimum absolute atomic E-state index is 0.0413. The van der Waals surface area contributed by atoms with E-state index in [1.54, 1.807) is 12.4 Å². The van der Waals surface area contributed by atoms with Crippen molar-refractivity contribution >= 4 is 20.1 Å². The zero-order valence-electron chi connectivity index (χ0n) is 15.7. The first-order valence-electron chi connectivity index (χ1n) is 8.50. The number of benzene rings is 1. The minimum Gasteiger partial charge on any atom is -0.493 e. The molecular weight excluding hydrogens is 326 g/mol. The van der Waals surface area contributed by atoms with E-state index in [1.807, 2.05) is 25.5 Å². The molecule has 0 amide bonds. The molecule has 0 radical (unpaired) electrons. The second-order valence-electron chi connectivity index (χ2n) is 7.29. The van der Waals surface area contributed by atoms with Crippen LogP contribution in [0.4, 0.5) is 14.5 Å². The van der Waals surface area contributed by atoms with Crippen LogP contribution in [0, 0.1) is 6.92 Å². The summed E-state index contributed by atoms with van der Waals surface area (Å²) in [7, 11) is 0.718. The monoisotopic (exact) mass is 357 g/mol. The molecule has 136 valence electrons. The molecule has 3 nitrogen and oxygen atoms in total. The van der Waals surface area contributed by atoms with Crippen LogP contribution in [-0.2, 0) is 0 Å². The van der Waals surface area contributed by atoms with Crippen molar-refractivity contribution in [3.8, 4) is 5.75 Å². The van der Waals surface area contributed by atoms with Gasteiger partial charge < -0.3 is 4.74 Å². The predicted octanol–water partition coefficient (Wildman–Crippen LogP) is 4.95. The number of halogens is 2. The Bertz CT molecular complexity index is 569. The highest BCUT2D eigenvalue weighted by atomic mass is 28.3. The van der Waals surface area contributed by atoms with Crippen molar-refractivity contribution in [2.24, 2.45) is 0 Å². The zero-order chi connectivity index (χ0) is 18.3. The third kappa shape index (κ3) is 6.59. The van der Waals surface area contributed by atoms with Gasteiger partial charge in [0.1, 0.15) is 11.4 Å². The third-order valence-corrected chi connectivity index (χ3v) is 5.61. The van der Waals surface area contributed by atoms with Gasteiger partial charge in [-0.3, -0.25) is 5.32 Å². The van der Waals surface area contributed by atoms with Gasteiger partial charge in [0, 0.05) is 8.07 Å². The molecule has 0 saturated carbocycles. The topological polar surface area (TPSA) is 24.3 Å². The Labute approximate surface area is 145 Å². The van der Waals surface area contributed by atoms with Crippen LogP contribution in [0.1, 0.15) is 30.9 Å². The lowest BCUT2D eigenvalue weighted by molar-refractivity contribution is -0.402. The number of hydrogen-bond donors (Lipinski definition) is 1. The summed E-state index contributed by atoms with van der Waals surface area (Å²) in [4.78, 5) is 0. The average molecular weight is 358 g/mol. The molecule has 0 unspecified atom stereocenters. The Morgan fingerprint density at radius 3 is 2.50 bits per heavy atom. The van der Waals surface area contributed by atoms with Crippen molar-refractivity contribution < 1.29 is 18.1 Å². The largest absolute Gasteiger partial charge is 0.493 e. The molecule has 0 aliphatic heterocycles. The standard InChI is InChI=1S/C18H30F2N2OSi/c1-7-21-13-22(3)16-12-15(18(19)20)17(11-14(16)2)23-9-8-10-24(4,5)6/h11-13,18H,7-10H2,1-6H3/p+1. The second-order valence-corrected chi connectivity index (χ2v) is 12.9. The summed E-state index contributed by atoms with van der Waals surface area (Å²) < 4.78 is 34.4. The van der Waals surface area contributed by atoms with E-state index >= 15 is 0 Å². The summed E-state index contributed by atoms with van der Waals surface area (Å²) in [6, 6.07) is 4.39. The summed E-state index contributed by atoms with van der Waals surface area (Å²) in [5.41, 5.74) is 1.62. The minimum atomic E-state index is -2.55. The number of nitrogens with one attached hydrogen (secondary N) is 1. The number of nitrogens with zero attached hydrogens (tertiary/aromatic N) is 1. The Kier molecular flexibility index (Phi) is 7.86. The highest BCUT2D eigenvalue weighted by molar-refractivity contribution is 6.76. The summed E-state index contributed by atoms with van der Waals surface area (Å²) in [6.07, 6.45) is 0.142. The molecule has 24 heavy (non-hydrogen) atoms. The maximum absolute atomic E-state index is 13.4. The molecule has 1 aromatic rings. The van der Waals surface area contributed by atoms with E-state index in [-0.39, 0.29) is 5.56 Å². The lowest BCUT2D eigenvalue weighted by atomic mass is 10.1. The maximum atomic E-state index is 13.4. The molecule has 1 N–H and O–H groups in total. The normalized spacial score (nSPS) is 12.6. The van der Waals surface area contributed by atoms with Crippen molar-refractivity contribution in [1.29, 1.82) is 0 Å². The number of rotatable bonds is 9. The number of aryl methyl sites for hydroxylation is 1. The fourth-order valence-electron chi connectivity index (χ4n) is 2.44. The van der Waals surface area contributed by atoms with Crippen LogP contribution >= 0.6 is 0 Å². The SMILES string of the molecule is CCNC=[N+](C)c1cc(C(F)F)c(OCCC[Si](C)(C)C)cc1C. The molecule has 0 spiro atoms. The van der Waals surface area contributed by atoms with Crippen LogP contribution in [0.3, 0.4) is 0 Å². The first-order valence-corrected chi connectivity index (χ1v) is 12.2. The molecule has 0 aliphatic carbocycles. The lowest BCUT2D eigenvalue weighted by Crippen LogP contribution is -2.20. The van der Waals surface area contributed by atoms with Crippen molar-refractivity contribution in [1.82, 2.24) is 5.32 Å². The fraction of sp³-hybridized carbons (Fsp3) is 0.611. The Morgan fingerprint density at radius 1 is 1.29 bits per heavy atom. The highest BCUT2D eigenvalue weighted by Gasteiger charge is 2.19. The molecule has 0 aromatic heterocycles. The summed E-state index contributed by atoms with van der Waals surface area (Å²) in [6.45, 7) is 12.1. The molecular formula is C18H31F2N2OSi+. The molecule has 0 fully saturated rings. The summed E-state index contributed by atoms with van der Waals surface area (Å²) in [5.74, 6) is 0.304. The first-order chi connectivity index (χ1) is 11.2. The quantitative estimate of drug-likeness (QED) is 0.222. The summed E-state index contributed by atoms with van der Waals surface area (Å²) in [5, 5.41) is 3.08. The van der Waals surface area contributed by atoms with Gasteiger partial charge in [-0.05, 0) is 38.0 Å². The van der Waals surface area contributed by atoms with Crippen molar-refractivity contribution in [2.45, 2.75) is 52.4 Å². The van der Waals surface area contributed by atoms with Crippen LogP contribution in [0.5, 0.6) is 5.75 Å². The van der Waals surface area contributed by atoms with Gasteiger partial charge >= 0.3 is 0 Å². The van der Waals surface area contributed by atoms with Gasteiger partial charge in [0.05, 0.1) is 25.8 Å². The van der Waals surface area contributed by atoms with Gasteiger partial charge in [-0.1, -0.05) is 25.7 Å². The molecule has 1 rings (SSSR count). The van der Waals surface area contributed by atoms with E-state index in [4.69, 9.17) is 4.74 Å². The predicted molar refractivity (Wildman–Crippen MR) is 100.0 cm³/mol. The Hall–Kier alpha value is -1.43. The van der Waals surface area contributed by atoms with E-state index < -0.39 is 14.5 Å². The van der Waals surface area contributed by atoms with Crippen LogP contribution in [0.2, 0.25) is 25.7 Å². The smallest absolute Gasteiger partial charge is 0.267 e. The highest BCUT2D eigenvalue weighted by Crippen LogP contribution is 2.34. The Morgan fingerprint density at radius 2 is 1.96 bits per heavy atom. The molecule has 1 aromatic carbocycles. The third-order valence-electron chi connectivity index (χ3n) is 3.76. The van der Waals surface area contributed by atoms with E-state index in [9.17, 15) is 8.78 Å². The van der Waals surface area contributed by atoms with Crippen LogP contribution < -0.4 is 10.1 Å². The molecule has 0 heterocycles. The maximum Gasteiger partial charge on any atom is 0.267 e.